The predicted molar refractivity (Wildman–Crippen MR) is 98.6 cm³/mol. The Morgan fingerprint density at radius 1 is 1.08 bits per heavy atom. The van der Waals surface area contributed by atoms with Crippen LogP contribution in [0, 0.1) is 0 Å². The molecule has 0 saturated carbocycles. The zero-order chi connectivity index (χ0) is 17.5. The molecule has 1 aromatic heterocycles. The van der Waals surface area contributed by atoms with Crippen molar-refractivity contribution >= 4 is 5.97 Å². The Morgan fingerprint density at radius 3 is 2.85 bits per heavy atom. The molecule has 2 saturated heterocycles. The third kappa shape index (κ3) is 2.75. The van der Waals surface area contributed by atoms with E-state index >= 15 is 0 Å². The molecule has 5 rings (SSSR count). The van der Waals surface area contributed by atoms with Crippen LogP contribution in [-0.2, 0) is 17.6 Å². The Hall–Kier alpha value is -2.14. The number of ether oxygens (including phenoxy) is 1. The van der Waals surface area contributed by atoms with Gasteiger partial charge in [0.25, 0.3) is 0 Å². The first-order valence-corrected chi connectivity index (χ1v) is 9.91. The molecule has 26 heavy (non-hydrogen) atoms. The Balaban J connectivity index is 1.37. The number of hydrogen-bond acceptors (Lipinski definition) is 4. The highest BCUT2D eigenvalue weighted by atomic mass is 16.5. The van der Waals surface area contributed by atoms with Gasteiger partial charge in [-0.1, -0.05) is 18.2 Å². The summed E-state index contributed by atoms with van der Waals surface area (Å²) in [5, 5.41) is 4.67. The second-order valence-corrected chi connectivity index (χ2v) is 7.76. The molecule has 2 aromatic rings. The SMILES string of the molecule is O=C(O[C@@H]1CCN2CCC[C@H]2C1)c1nn(-c2ccccc2)c2c1CCC2. The second-order valence-electron chi connectivity index (χ2n) is 7.76. The maximum absolute atomic E-state index is 12.9. The third-order valence-corrected chi connectivity index (χ3v) is 6.17. The molecule has 136 valence electrons. The number of carbonyl (C=O) groups is 1. The summed E-state index contributed by atoms with van der Waals surface area (Å²) in [4.78, 5) is 15.4. The minimum atomic E-state index is -0.228. The molecule has 5 heteroatoms. The smallest absolute Gasteiger partial charge is 0.359 e. The van der Waals surface area contributed by atoms with Gasteiger partial charge in [-0.3, -0.25) is 0 Å². The van der Waals surface area contributed by atoms with Gasteiger partial charge in [0.15, 0.2) is 5.69 Å². The van der Waals surface area contributed by atoms with Crippen LogP contribution < -0.4 is 0 Å². The Labute approximate surface area is 153 Å². The number of hydrogen-bond donors (Lipinski definition) is 0. The number of rotatable bonds is 3. The van der Waals surface area contributed by atoms with Crippen LogP contribution in [0.4, 0.5) is 0 Å². The van der Waals surface area contributed by atoms with Crippen LogP contribution in [0.15, 0.2) is 30.3 Å². The van der Waals surface area contributed by atoms with Crippen molar-refractivity contribution in [3.8, 4) is 5.69 Å². The van der Waals surface area contributed by atoms with Crippen LogP contribution in [0.25, 0.3) is 5.69 Å². The van der Waals surface area contributed by atoms with Gasteiger partial charge < -0.3 is 9.64 Å². The molecule has 3 aliphatic rings. The molecule has 5 nitrogen and oxygen atoms in total. The normalized spacial score (nSPS) is 25.1. The van der Waals surface area contributed by atoms with Crippen LogP contribution in [0.2, 0.25) is 0 Å². The van der Waals surface area contributed by atoms with E-state index in [4.69, 9.17) is 4.74 Å². The molecule has 0 radical (unpaired) electrons. The molecule has 2 atom stereocenters. The fourth-order valence-electron chi connectivity index (χ4n) is 4.89. The first-order chi connectivity index (χ1) is 12.8. The van der Waals surface area contributed by atoms with E-state index in [1.54, 1.807) is 0 Å². The van der Waals surface area contributed by atoms with E-state index in [1.165, 1.54) is 25.1 Å². The zero-order valence-electron chi connectivity index (χ0n) is 15.1. The first-order valence-electron chi connectivity index (χ1n) is 9.91. The topological polar surface area (TPSA) is 47.4 Å². The molecule has 0 amide bonds. The summed E-state index contributed by atoms with van der Waals surface area (Å²) < 4.78 is 7.86. The predicted octanol–water partition coefficient (Wildman–Crippen LogP) is 3.14. The van der Waals surface area contributed by atoms with Crippen LogP contribution in [0.1, 0.15) is 53.8 Å². The number of para-hydroxylation sites is 1. The van der Waals surface area contributed by atoms with Gasteiger partial charge in [-0.25, -0.2) is 9.48 Å². The highest BCUT2D eigenvalue weighted by Gasteiger charge is 2.35. The molecule has 1 aliphatic carbocycles. The van der Waals surface area contributed by atoms with Gasteiger partial charge in [-0.05, 0) is 63.6 Å². The minimum absolute atomic E-state index is 0.0424. The van der Waals surface area contributed by atoms with Crippen molar-refractivity contribution in [1.82, 2.24) is 14.7 Å². The summed E-state index contributed by atoms with van der Waals surface area (Å²) in [6.07, 6.45) is 7.48. The third-order valence-electron chi connectivity index (χ3n) is 6.17. The average Bonchev–Trinajstić information content (AvgIpc) is 3.38. The zero-order valence-corrected chi connectivity index (χ0v) is 15.1. The van der Waals surface area contributed by atoms with Gasteiger partial charge in [0.2, 0.25) is 0 Å². The summed E-state index contributed by atoms with van der Waals surface area (Å²) in [6, 6.07) is 10.7. The van der Waals surface area contributed by atoms with E-state index in [9.17, 15) is 4.79 Å². The van der Waals surface area contributed by atoms with Crippen molar-refractivity contribution < 1.29 is 9.53 Å². The lowest BCUT2D eigenvalue weighted by atomic mass is 10.00. The van der Waals surface area contributed by atoms with Gasteiger partial charge in [-0.2, -0.15) is 5.10 Å². The molecular weight excluding hydrogens is 326 g/mol. The Morgan fingerprint density at radius 2 is 1.96 bits per heavy atom. The van der Waals surface area contributed by atoms with Crippen molar-refractivity contribution in [2.45, 2.75) is 57.1 Å². The van der Waals surface area contributed by atoms with Gasteiger partial charge in [0, 0.05) is 23.8 Å². The number of esters is 1. The fraction of sp³-hybridized carbons (Fsp3) is 0.524. The highest BCUT2D eigenvalue weighted by molar-refractivity contribution is 5.89. The molecule has 0 bridgehead atoms. The maximum atomic E-state index is 12.9. The van der Waals surface area contributed by atoms with E-state index < -0.39 is 0 Å². The highest BCUT2D eigenvalue weighted by Crippen LogP contribution is 2.31. The van der Waals surface area contributed by atoms with Gasteiger partial charge in [0.05, 0.1) is 5.69 Å². The van der Waals surface area contributed by atoms with Crippen LogP contribution in [-0.4, -0.2) is 45.9 Å². The van der Waals surface area contributed by atoms with Crippen LogP contribution in [0.5, 0.6) is 0 Å². The Bertz CT molecular complexity index is 814. The molecule has 1 aromatic carbocycles. The number of piperidine rings is 1. The Kier molecular flexibility index (Phi) is 4.04. The van der Waals surface area contributed by atoms with E-state index in [0.29, 0.717) is 11.7 Å². The fourth-order valence-corrected chi connectivity index (χ4v) is 4.89. The summed E-state index contributed by atoms with van der Waals surface area (Å²) in [5.74, 6) is -0.228. The van der Waals surface area contributed by atoms with E-state index in [0.717, 1.165) is 49.9 Å². The number of aromatic nitrogens is 2. The number of nitrogens with zero attached hydrogens (tertiary/aromatic N) is 3. The summed E-state index contributed by atoms with van der Waals surface area (Å²) >= 11 is 0. The van der Waals surface area contributed by atoms with Crippen LogP contribution in [0.3, 0.4) is 0 Å². The van der Waals surface area contributed by atoms with Gasteiger partial charge in [-0.15, -0.1) is 0 Å². The molecule has 2 aliphatic heterocycles. The van der Waals surface area contributed by atoms with Crippen molar-refractivity contribution in [3.05, 3.63) is 47.3 Å². The molecule has 0 spiro atoms. The van der Waals surface area contributed by atoms with Crippen LogP contribution >= 0.6 is 0 Å². The number of benzene rings is 1. The second kappa shape index (κ2) is 6.54. The number of carbonyl (C=O) groups excluding carboxylic acids is 1. The standard InChI is InChI=1S/C21H25N3O2/c25-21(26-17-11-13-23-12-5-8-16(23)14-17)20-18-9-4-10-19(18)24(22-20)15-6-2-1-3-7-15/h1-3,6-7,16-17H,4-5,8-14H2/t16-,17+/m0/s1. The lowest BCUT2D eigenvalue weighted by Crippen LogP contribution is -2.41. The molecule has 0 N–H and O–H groups in total. The van der Waals surface area contributed by atoms with E-state index in [2.05, 4.69) is 10.00 Å². The number of fused-ring (bicyclic) bond motifs is 2. The largest absolute Gasteiger partial charge is 0.457 e. The maximum Gasteiger partial charge on any atom is 0.359 e. The molecule has 0 unspecified atom stereocenters. The quantitative estimate of drug-likeness (QED) is 0.797. The summed E-state index contributed by atoms with van der Waals surface area (Å²) in [6.45, 7) is 2.26. The average molecular weight is 351 g/mol. The molecular formula is C21H25N3O2. The van der Waals surface area contributed by atoms with Crippen molar-refractivity contribution in [2.75, 3.05) is 13.1 Å². The van der Waals surface area contributed by atoms with E-state index in [-0.39, 0.29) is 12.1 Å². The first kappa shape index (κ1) is 16.1. The lowest BCUT2D eigenvalue weighted by Gasteiger charge is -2.34. The van der Waals surface area contributed by atoms with Crippen molar-refractivity contribution in [1.29, 1.82) is 0 Å². The van der Waals surface area contributed by atoms with E-state index in [1.807, 2.05) is 35.0 Å². The lowest BCUT2D eigenvalue weighted by molar-refractivity contribution is 0.00351. The molecule has 2 fully saturated rings. The van der Waals surface area contributed by atoms with Gasteiger partial charge in [0.1, 0.15) is 6.10 Å². The summed E-state index contributed by atoms with van der Waals surface area (Å²) in [7, 11) is 0. The monoisotopic (exact) mass is 351 g/mol. The van der Waals surface area contributed by atoms with Crippen molar-refractivity contribution in [2.24, 2.45) is 0 Å². The van der Waals surface area contributed by atoms with Gasteiger partial charge >= 0.3 is 5.97 Å². The summed E-state index contributed by atoms with van der Waals surface area (Å²) in [5.41, 5.74) is 3.82. The minimum Gasteiger partial charge on any atom is -0.457 e. The molecule has 3 heterocycles. The van der Waals surface area contributed by atoms with Crippen molar-refractivity contribution in [3.63, 3.8) is 0 Å².